The third-order valence-electron chi connectivity index (χ3n) is 6.42. The molecule has 30 heavy (non-hydrogen) atoms. The molecule has 0 aliphatic carbocycles. The van der Waals surface area contributed by atoms with Gasteiger partial charge in [-0.15, -0.1) is 0 Å². The molecular formula is C24H31FN4O. The van der Waals surface area contributed by atoms with Gasteiger partial charge in [0, 0.05) is 30.9 Å². The number of aromatic nitrogens is 1. The number of hydrogen-bond donors (Lipinski definition) is 1. The molecule has 1 aromatic heterocycles. The molecule has 0 saturated carbocycles. The summed E-state index contributed by atoms with van der Waals surface area (Å²) in [7, 11) is 0. The standard InChI is InChI=1S/C24H31FN4O/c25-23-9-2-1-6-19(23)17-28-14-10-22(11-15-28)29-13-5-7-20(18-29)24(30)27-16-21-8-3-4-12-26-21/h1-4,6,8-9,12,20,22H,5,7,10-11,13-18H2,(H,27,30). The van der Waals surface area contributed by atoms with Crippen molar-refractivity contribution < 1.29 is 9.18 Å². The lowest BCUT2D eigenvalue weighted by Crippen LogP contribution is -2.50. The van der Waals surface area contributed by atoms with E-state index in [9.17, 15) is 9.18 Å². The van der Waals surface area contributed by atoms with Gasteiger partial charge < -0.3 is 5.32 Å². The van der Waals surface area contributed by atoms with Gasteiger partial charge in [0.05, 0.1) is 18.2 Å². The summed E-state index contributed by atoms with van der Waals surface area (Å²) in [5.74, 6) is 0.0801. The Balaban J connectivity index is 1.24. The molecular weight excluding hydrogens is 379 g/mol. The summed E-state index contributed by atoms with van der Waals surface area (Å²) < 4.78 is 13.9. The third kappa shape index (κ3) is 5.43. The number of nitrogens with zero attached hydrogens (tertiary/aromatic N) is 3. The zero-order valence-corrected chi connectivity index (χ0v) is 17.5. The number of carbonyl (C=O) groups excluding carboxylic acids is 1. The topological polar surface area (TPSA) is 48.5 Å². The van der Waals surface area contributed by atoms with Gasteiger partial charge in [0.25, 0.3) is 0 Å². The first-order valence-corrected chi connectivity index (χ1v) is 11.1. The average Bonchev–Trinajstić information content (AvgIpc) is 2.80. The number of halogens is 1. The van der Waals surface area contributed by atoms with Gasteiger partial charge in [-0.05, 0) is 63.5 Å². The van der Waals surface area contributed by atoms with Crippen molar-refractivity contribution in [2.24, 2.45) is 5.92 Å². The molecule has 1 atom stereocenters. The number of likely N-dealkylation sites (tertiary alicyclic amines) is 2. The molecule has 0 bridgehead atoms. The highest BCUT2D eigenvalue weighted by Gasteiger charge is 2.31. The van der Waals surface area contributed by atoms with Gasteiger partial charge in [-0.3, -0.25) is 19.6 Å². The highest BCUT2D eigenvalue weighted by Crippen LogP contribution is 2.25. The van der Waals surface area contributed by atoms with Crippen molar-refractivity contribution in [3.8, 4) is 0 Å². The second-order valence-electron chi connectivity index (χ2n) is 8.47. The first-order valence-electron chi connectivity index (χ1n) is 11.1. The fourth-order valence-corrected chi connectivity index (χ4v) is 4.69. The van der Waals surface area contributed by atoms with E-state index in [1.807, 2.05) is 30.3 Å². The van der Waals surface area contributed by atoms with E-state index in [0.29, 0.717) is 19.1 Å². The summed E-state index contributed by atoms with van der Waals surface area (Å²) in [6.45, 7) is 5.04. The van der Waals surface area contributed by atoms with Crippen molar-refractivity contribution in [3.05, 3.63) is 65.7 Å². The van der Waals surface area contributed by atoms with E-state index >= 15 is 0 Å². The minimum absolute atomic E-state index is 0.0545. The molecule has 2 aliphatic rings. The first-order chi connectivity index (χ1) is 14.7. The molecule has 4 rings (SSSR count). The number of hydrogen-bond acceptors (Lipinski definition) is 4. The lowest BCUT2D eigenvalue weighted by Gasteiger charge is -2.42. The van der Waals surface area contributed by atoms with E-state index in [-0.39, 0.29) is 17.6 Å². The molecule has 5 nitrogen and oxygen atoms in total. The molecule has 2 aromatic rings. The van der Waals surface area contributed by atoms with Crippen molar-refractivity contribution in [2.75, 3.05) is 26.2 Å². The van der Waals surface area contributed by atoms with Gasteiger partial charge in [-0.25, -0.2) is 4.39 Å². The highest BCUT2D eigenvalue weighted by molar-refractivity contribution is 5.78. The summed E-state index contributed by atoms with van der Waals surface area (Å²) in [6.07, 6.45) is 5.93. The summed E-state index contributed by atoms with van der Waals surface area (Å²) >= 11 is 0. The van der Waals surface area contributed by atoms with E-state index in [2.05, 4.69) is 20.1 Å². The molecule has 2 aliphatic heterocycles. The lowest BCUT2D eigenvalue weighted by atomic mass is 9.93. The SMILES string of the molecule is O=C(NCc1ccccn1)C1CCCN(C2CCN(Cc3ccccc3F)CC2)C1. The molecule has 0 radical (unpaired) electrons. The Hall–Kier alpha value is -2.31. The fourth-order valence-electron chi connectivity index (χ4n) is 4.69. The van der Waals surface area contributed by atoms with Crippen molar-refractivity contribution in [1.29, 1.82) is 0 Å². The van der Waals surface area contributed by atoms with E-state index in [1.54, 1.807) is 12.3 Å². The fraction of sp³-hybridized carbons (Fsp3) is 0.500. The van der Waals surface area contributed by atoms with E-state index in [0.717, 1.165) is 63.1 Å². The van der Waals surface area contributed by atoms with Crippen LogP contribution >= 0.6 is 0 Å². The summed E-state index contributed by atoms with van der Waals surface area (Å²) in [5.41, 5.74) is 1.67. The minimum atomic E-state index is -0.116. The van der Waals surface area contributed by atoms with Gasteiger partial charge in [0.2, 0.25) is 5.91 Å². The van der Waals surface area contributed by atoms with Crippen molar-refractivity contribution in [2.45, 2.75) is 44.8 Å². The Bertz CT molecular complexity index is 823. The van der Waals surface area contributed by atoms with Crippen LogP contribution < -0.4 is 5.32 Å². The Morgan fingerprint density at radius 2 is 1.87 bits per heavy atom. The minimum Gasteiger partial charge on any atom is -0.350 e. The average molecular weight is 411 g/mol. The maximum Gasteiger partial charge on any atom is 0.224 e. The van der Waals surface area contributed by atoms with Crippen molar-refractivity contribution in [3.63, 3.8) is 0 Å². The normalized spacial score (nSPS) is 21.4. The summed E-state index contributed by atoms with van der Waals surface area (Å²) in [4.78, 5) is 21.8. The Morgan fingerprint density at radius 1 is 1.07 bits per heavy atom. The molecule has 1 unspecified atom stereocenters. The predicted molar refractivity (Wildman–Crippen MR) is 115 cm³/mol. The quantitative estimate of drug-likeness (QED) is 0.795. The molecule has 2 fully saturated rings. The van der Waals surface area contributed by atoms with E-state index < -0.39 is 0 Å². The zero-order valence-electron chi connectivity index (χ0n) is 17.5. The predicted octanol–water partition coefficient (Wildman–Crippen LogP) is 3.21. The van der Waals surface area contributed by atoms with E-state index in [1.165, 1.54) is 6.07 Å². The van der Waals surface area contributed by atoms with Crippen LogP contribution in [0.25, 0.3) is 0 Å². The molecule has 160 valence electrons. The van der Waals surface area contributed by atoms with Crippen LogP contribution in [0.3, 0.4) is 0 Å². The molecule has 0 spiro atoms. The third-order valence-corrected chi connectivity index (χ3v) is 6.42. The lowest BCUT2D eigenvalue weighted by molar-refractivity contribution is -0.127. The largest absolute Gasteiger partial charge is 0.350 e. The van der Waals surface area contributed by atoms with Gasteiger partial charge in [-0.2, -0.15) is 0 Å². The number of benzene rings is 1. The molecule has 1 N–H and O–H groups in total. The smallest absolute Gasteiger partial charge is 0.224 e. The molecule has 1 amide bonds. The number of amides is 1. The summed E-state index contributed by atoms with van der Waals surface area (Å²) in [5, 5.41) is 3.06. The highest BCUT2D eigenvalue weighted by atomic mass is 19.1. The van der Waals surface area contributed by atoms with Crippen LogP contribution in [0.1, 0.15) is 36.9 Å². The van der Waals surface area contributed by atoms with Crippen LogP contribution in [-0.2, 0) is 17.9 Å². The Morgan fingerprint density at radius 3 is 2.63 bits per heavy atom. The molecule has 1 aromatic carbocycles. The zero-order chi connectivity index (χ0) is 20.8. The number of nitrogens with one attached hydrogen (secondary N) is 1. The molecule has 3 heterocycles. The van der Waals surface area contributed by atoms with Crippen LogP contribution in [0.5, 0.6) is 0 Å². The second kappa shape index (κ2) is 10.1. The second-order valence-corrected chi connectivity index (χ2v) is 8.47. The van der Waals surface area contributed by atoms with Gasteiger partial charge in [0.1, 0.15) is 5.82 Å². The molecule has 6 heteroatoms. The van der Waals surface area contributed by atoms with Crippen LogP contribution in [0.4, 0.5) is 4.39 Å². The van der Waals surface area contributed by atoms with Gasteiger partial charge >= 0.3 is 0 Å². The first kappa shape index (κ1) is 20.9. The number of rotatable bonds is 6. The van der Waals surface area contributed by atoms with E-state index in [4.69, 9.17) is 0 Å². The number of piperidine rings is 2. The monoisotopic (exact) mass is 410 g/mol. The molecule has 2 saturated heterocycles. The summed E-state index contributed by atoms with van der Waals surface area (Å²) in [6, 6.07) is 13.3. The maximum atomic E-state index is 13.9. The van der Waals surface area contributed by atoms with Crippen LogP contribution in [0.2, 0.25) is 0 Å². The Kier molecular flexibility index (Phi) is 7.07. The van der Waals surface area contributed by atoms with Crippen LogP contribution in [-0.4, -0.2) is 52.9 Å². The van der Waals surface area contributed by atoms with Crippen LogP contribution in [0.15, 0.2) is 48.7 Å². The number of carbonyl (C=O) groups is 1. The number of pyridine rings is 1. The van der Waals surface area contributed by atoms with Crippen LogP contribution in [0, 0.1) is 11.7 Å². The maximum absolute atomic E-state index is 13.9. The van der Waals surface area contributed by atoms with Gasteiger partial charge in [-0.1, -0.05) is 24.3 Å². The van der Waals surface area contributed by atoms with Crippen molar-refractivity contribution >= 4 is 5.91 Å². The van der Waals surface area contributed by atoms with Gasteiger partial charge in [0.15, 0.2) is 0 Å². The van der Waals surface area contributed by atoms with Crippen molar-refractivity contribution in [1.82, 2.24) is 20.1 Å². The Labute approximate surface area is 178 Å².